The number of hydrogen-bond donors (Lipinski definition) is 2. The zero-order valence-electron chi connectivity index (χ0n) is 19.0. The Hall–Kier alpha value is -3.12. The third-order valence-electron chi connectivity index (χ3n) is 5.94. The van der Waals surface area contributed by atoms with Crippen LogP contribution in [-0.4, -0.2) is 71.6 Å². The van der Waals surface area contributed by atoms with E-state index in [4.69, 9.17) is 0 Å². The molecule has 0 radical (unpaired) electrons. The number of aromatic nitrogens is 2. The van der Waals surface area contributed by atoms with Crippen LogP contribution < -0.4 is 10.5 Å². The van der Waals surface area contributed by atoms with E-state index < -0.39 is 34.1 Å². The van der Waals surface area contributed by atoms with Gasteiger partial charge >= 0.3 is 0 Å². The van der Waals surface area contributed by atoms with Crippen molar-refractivity contribution in [1.82, 2.24) is 14.1 Å². The zero-order valence-corrected chi connectivity index (χ0v) is 19.8. The summed E-state index contributed by atoms with van der Waals surface area (Å²) in [7, 11) is -3.51. The number of nitrogens with zero attached hydrogens (tertiary/aromatic N) is 4. The minimum Gasteiger partial charge on any atom is -0.394 e. The minimum atomic E-state index is -3.51. The van der Waals surface area contributed by atoms with Gasteiger partial charge in [0.05, 0.1) is 36.0 Å². The van der Waals surface area contributed by atoms with Gasteiger partial charge in [-0.2, -0.15) is 14.1 Å². The van der Waals surface area contributed by atoms with E-state index in [2.05, 4.69) is 5.10 Å². The molecule has 1 atom stereocenters. The molecule has 1 aliphatic heterocycles. The lowest BCUT2D eigenvalue weighted by atomic mass is 10.1. The fourth-order valence-electron chi connectivity index (χ4n) is 4.09. The van der Waals surface area contributed by atoms with Crippen molar-refractivity contribution in [3.05, 3.63) is 88.1 Å². The molecule has 1 aliphatic rings. The lowest BCUT2D eigenvalue weighted by Crippen LogP contribution is -2.49. The number of piperazine rings is 1. The van der Waals surface area contributed by atoms with Crippen LogP contribution in [0.25, 0.3) is 5.69 Å². The Morgan fingerprint density at radius 3 is 2.29 bits per heavy atom. The van der Waals surface area contributed by atoms with Gasteiger partial charge in [0.15, 0.2) is 0 Å². The molecular formula is C24H27FN4O5S. The fourth-order valence-corrected chi connectivity index (χ4v) is 5.61. The predicted octanol–water partition coefficient (Wildman–Crippen LogP) is 0.919. The summed E-state index contributed by atoms with van der Waals surface area (Å²) in [6.45, 7) is 0.607. The van der Waals surface area contributed by atoms with Gasteiger partial charge < -0.3 is 15.1 Å². The van der Waals surface area contributed by atoms with Gasteiger partial charge in [0.25, 0.3) is 5.56 Å². The van der Waals surface area contributed by atoms with Crippen molar-refractivity contribution in [1.29, 1.82) is 0 Å². The number of benzene rings is 2. The van der Waals surface area contributed by atoms with E-state index in [1.165, 1.54) is 34.8 Å². The smallest absolute Gasteiger partial charge is 0.276 e. The average molecular weight is 503 g/mol. The van der Waals surface area contributed by atoms with Gasteiger partial charge in [0.1, 0.15) is 5.82 Å². The molecule has 1 fully saturated rings. The molecule has 0 amide bonds. The van der Waals surface area contributed by atoms with Crippen molar-refractivity contribution in [2.24, 2.45) is 0 Å². The lowest BCUT2D eigenvalue weighted by molar-refractivity contribution is 0.0952. The summed E-state index contributed by atoms with van der Waals surface area (Å²) in [5, 5.41) is 23.7. The largest absolute Gasteiger partial charge is 0.394 e. The van der Waals surface area contributed by atoms with Crippen molar-refractivity contribution < 1.29 is 23.0 Å². The maximum absolute atomic E-state index is 13.3. The fraction of sp³-hybridized carbons (Fsp3) is 0.333. The number of anilines is 1. The highest BCUT2D eigenvalue weighted by Crippen LogP contribution is 2.22. The Bertz CT molecular complexity index is 1310. The number of rotatable bonds is 8. The first-order valence-electron chi connectivity index (χ1n) is 11.2. The predicted molar refractivity (Wildman–Crippen MR) is 129 cm³/mol. The second-order valence-corrected chi connectivity index (χ2v) is 10.3. The summed E-state index contributed by atoms with van der Waals surface area (Å²) >= 11 is 0. The summed E-state index contributed by atoms with van der Waals surface area (Å²) in [4.78, 5) is 15.1. The molecule has 4 rings (SSSR count). The molecule has 186 valence electrons. The van der Waals surface area contributed by atoms with Crippen LogP contribution in [0, 0.1) is 5.82 Å². The molecular weight excluding hydrogens is 475 g/mol. The second kappa shape index (κ2) is 10.6. The topological polar surface area (TPSA) is 116 Å². The summed E-state index contributed by atoms with van der Waals surface area (Å²) in [5.41, 5.74) is 1.29. The molecule has 2 N–H and O–H groups in total. The van der Waals surface area contributed by atoms with Gasteiger partial charge in [0.2, 0.25) is 10.0 Å². The van der Waals surface area contributed by atoms with E-state index in [0.29, 0.717) is 30.0 Å². The Balaban J connectivity index is 1.57. The lowest BCUT2D eigenvalue weighted by Gasteiger charge is -2.36. The molecule has 0 spiro atoms. The summed E-state index contributed by atoms with van der Waals surface area (Å²) < 4.78 is 41.6. The normalized spacial score (nSPS) is 15.8. The third kappa shape index (κ3) is 5.76. The number of sulfonamides is 1. The maximum Gasteiger partial charge on any atom is 0.276 e. The number of hydrogen-bond acceptors (Lipinski definition) is 7. The van der Waals surface area contributed by atoms with Crippen molar-refractivity contribution in [2.45, 2.75) is 18.3 Å². The summed E-state index contributed by atoms with van der Waals surface area (Å²) in [6, 6.07) is 14.3. The molecule has 0 aliphatic carbocycles. The molecule has 11 heteroatoms. The van der Waals surface area contributed by atoms with Crippen LogP contribution in [-0.2, 0) is 22.2 Å². The zero-order chi connectivity index (χ0) is 25.0. The first-order valence-corrected chi connectivity index (χ1v) is 12.8. The van der Waals surface area contributed by atoms with E-state index in [1.807, 2.05) is 11.0 Å². The van der Waals surface area contributed by atoms with Gasteiger partial charge in [-0.25, -0.2) is 12.8 Å². The van der Waals surface area contributed by atoms with Gasteiger partial charge in [-0.1, -0.05) is 30.3 Å². The number of aliphatic hydroxyl groups is 2. The Morgan fingerprint density at radius 1 is 1.00 bits per heavy atom. The van der Waals surface area contributed by atoms with Gasteiger partial charge in [0, 0.05) is 38.2 Å². The summed E-state index contributed by atoms with van der Waals surface area (Å²) in [5.74, 6) is -0.536. The molecule has 0 saturated carbocycles. The minimum absolute atomic E-state index is 0.0863. The molecule has 1 aromatic heterocycles. The molecule has 35 heavy (non-hydrogen) atoms. The maximum atomic E-state index is 13.3. The molecule has 2 aromatic carbocycles. The average Bonchev–Trinajstić information content (AvgIpc) is 2.86. The highest BCUT2D eigenvalue weighted by atomic mass is 32.2. The van der Waals surface area contributed by atoms with E-state index in [-0.39, 0.29) is 30.8 Å². The van der Waals surface area contributed by atoms with Crippen molar-refractivity contribution in [2.75, 3.05) is 37.7 Å². The Kier molecular flexibility index (Phi) is 7.60. The van der Waals surface area contributed by atoms with Crippen LogP contribution in [0.2, 0.25) is 0 Å². The number of aliphatic hydroxyl groups excluding tert-OH is 2. The molecule has 0 bridgehead atoms. The molecule has 2 heterocycles. The van der Waals surface area contributed by atoms with Crippen molar-refractivity contribution in [3.8, 4) is 5.69 Å². The first-order chi connectivity index (χ1) is 16.8. The van der Waals surface area contributed by atoms with Crippen LogP contribution in [0.3, 0.4) is 0 Å². The van der Waals surface area contributed by atoms with Crippen molar-refractivity contribution >= 4 is 15.7 Å². The molecule has 0 unspecified atom stereocenters. The van der Waals surface area contributed by atoms with E-state index in [1.54, 1.807) is 24.3 Å². The highest BCUT2D eigenvalue weighted by Gasteiger charge is 2.29. The Labute approximate surface area is 202 Å². The van der Waals surface area contributed by atoms with E-state index in [0.717, 1.165) is 4.68 Å². The van der Waals surface area contributed by atoms with Crippen LogP contribution in [0.1, 0.15) is 11.1 Å². The molecule has 9 nitrogen and oxygen atoms in total. The summed E-state index contributed by atoms with van der Waals surface area (Å²) in [6.07, 6.45) is 0.220. The van der Waals surface area contributed by atoms with E-state index >= 15 is 0 Å². The highest BCUT2D eigenvalue weighted by molar-refractivity contribution is 7.88. The van der Waals surface area contributed by atoms with Crippen LogP contribution in [0.15, 0.2) is 65.6 Å². The van der Waals surface area contributed by atoms with Gasteiger partial charge in [-0.3, -0.25) is 4.79 Å². The third-order valence-corrected chi connectivity index (χ3v) is 7.79. The Morgan fingerprint density at radius 2 is 1.66 bits per heavy atom. The first kappa shape index (κ1) is 25.0. The quantitative estimate of drug-likeness (QED) is 0.471. The second-order valence-electron chi connectivity index (χ2n) is 8.37. The molecule has 3 aromatic rings. The molecule has 1 saturated heterocycles. The SMILES string of the molecule is O=c1c(C[C@H](O)CO)c(N2CCN(S(=O)(=O)Cc3ccccc3)CC2)cnn1-c1ccc(F)cc1. The van der Waals surface area contributed by atoms with Crippen LogP contribution in [0.4, 0.5) is 10.1 Å². The van der Waals surface area contributed by atoms with Gasteiger partial charge in [-0.05, 0) is 29.8 Å². The standard InChI is InChI=1S/C24H27FN4O5S/c25-19-6-8-20(9-7-19)29-24(32)22(14-21(31)16-30)23(15-26-29)27-10-12-28(13-11-27)35(33,34)17-18-4-2-1-3-5-18/h1-9,15,21,30-31H,10-14,16-17H2/t21-/m0/s1. The van der Waals surface area contributed by atoms with E-state index in [9.17, 15) is 27.8 Å². The monoisotopic (exact) mass is 502 g/mol. The van der Waals surface area contributed by atoms with Crippen LogP contribution >= 0.6 is 0 Å². The van der Waals surface area contributed by atoms with Gasteiger partial charge in [-0.15, -0.1) is 0 Å². The van der Waals surface area contributed by atoms with Crippen LogP contribution in [0.5, 0.6) is 0 Å². The number of halogens is 1. The van der Waals surface area contributed by atoms with Crippen molar-refractivity contribution in [3.63, 3.8) is 0 Å².